The van der Waals surface area contributed by atoms with Gasteiger partial charge in [-0.25, -0.2) is 0 Å². The maximum Gasteiger partial charge on any atom is 0.243 e. The third-order valence-electron chi connectivity index (χ3n) is 4.99. The molecule has 0 radical (unpaired) electrons. The Labute approximate surface area is 161 Å². The third kappa shape index (κ3) is 6.61. The van der Waals surface area contributed by atoms with Crippen LogP contribution in [0.15, 0.2) is 24.3 Å². The molecule has 1 aliphatic rings. The largest absolute Gasteiger partial charge is 0.333 e. The molecule has 6 heteroatoms. The molecule has 26 heavy (non-hydrogen) atoms. The second-order valence-corrected chi connectivity index (χ2v) is 7.58. The van der Waals surface area contributed by atoms with Gasteiger partial charge in [0.05, 0.1) is 6.54 Å². The van der Waals surface area contributed by atoms with Crippen molar-refractivity contribution >= 4 is 29.1 Å². The molecule has 2 rings (SSSR count). The van der Waals surface area contributed by atoms with Gasteiger partial charge in [-0.2, -0.15) is 0 Å². The molecule has 1 saturated heterocycles. The second kappa shape index (κ2) is 10.5. The number of hydrogen-bond donors (Lipinski definition) is 2. The van der Waals surface area contributed by atoms with Gasteiger partial charge in [-0.1, -0.05) is 25.4 Å². The maximum atomic E-state index is 12.7. The molecule has 1 unspecified atom stereocenters. The summed E-state index contributed by atoms with van der Waals surface area (Å²) in [4.78, 5) is 26.7. The molecule has 1 aliphatic heterocycles. The van der Waals surface area contributed by atoms with E-state index < -0.39 is 0 Å². The van der Waals surface area contributed by atoms with Crippen LogP contribution in [0, 0.1) is 11.8 Å². The van der Waals surface area contributed by atoms with E-state index in [0.717, 1.165) is 32.4 Å². The summed E-state index contributed by atoms with van der Waals surface area (Å²) in [6.07, 6.45) is 3.60. The monoisotopic (exact) mass is 379 g/mol. The van der Waals surface area contributed by atoms with Crippen LogP contribution in [0.25, 0.3) is 0 Å². The normalized spacial score (nSPS) is 16.1. The predicted octanol–water partition coefficient (Wildman–Crippen LogP) is 3.54. The Kier molecular flexibility index (Phi) is 8.39. The van der Waals surface area contributed by atoms with Gasteiger partial charge in [0.1, 0.15) is 0 Å². The molecule has 2 amide bonds. The van der Waals surface area contributed by atoms with E-state index in [9.17, 15) is 9.59 Å². The number of nitrogens with one attached hydrogen (secondary N) is 2. The maximum absolute atomic E-state index is 12.7. The highest BCUT2D eigenvalue weighted by Gasteiger charge is 2.25. The lowest BCUT2D eigenvalue weighted by Crippen LogP contribution is -2.40. The van der Waals surface area contributed by atoms with E-state index in [0.29, 0.717) is 35.5 Å². The first-order valence-electron chi connectivity index (χ1n) is 9.53. The Morgan fingerprint density at radius 3 is 2.54 bits per heavy atom. The van der Waals surface area contributed by atoms with E-state index in [4.69, 9.17) is 11.6 Å². The Hall–Kier alpha value is -1.59. The lowest BCUT2D eigenvalue weighted by atomic mass is 9.84. The molecule has 1 atom stereocenters. The van der Waals surface area contributed by atoms with Gasteiger partial charge in [0.25, 0.3) is 0 Å². The van der Waals surface area contributed by atoms with E-state index in [1.165, 1.54) is 0 Å². The van der Waals surface area contributed by atoms with Crippen LogP contribution in [0.4, 0.5) is 5.69 Å². The van der Waals surface area contributed by atoms with Gasteiger partial charge in [-0.15, -0.1) is 0 Å². The SMILES string of the molecule is CCCN(CC(=O)Nc1ccc(Cl)cc1)C(=O)CC(C)C1CCNCC1. The predicted molar refractivity (Wildman–Crippen MR) is 106 cm³/mol. The number of benzene rings is 1. The van der Waals surface area contributed by atoms with Crippen LogP contribution in [0.3, 0.4) is 0 Å². The highest BCUT2D eigenvalue weighted by atomic mass is 35.5. The average molecular weight is 380 g/mol. The summed E-state index contributed by atoms with van der Waals surface area (Å²) in [5.41, 5.74) is 0.686. The summed E-state index contributed by atoms with van der Waals surface area (Å²) in [5, 5.41) is 6.81. The highest BCUT2D eigenvalue weighted by molar-refractivity contribution is 6.30. The summed E-state index contributed by atoms with van der Waals surface area (Å²) < 4.78 is 0. The summed E-state index contributed by atoms with van der Waals surface area (Å²) in [5.74, 6) is 0.836. The average Bonchev–Trinajstić information content (AvgIpc) is 2.64. The van der Waals surface area contributed by atoms with Crippen molar-refractivity contribution in [3.63, 3.8) is 0 Å². The molecule has 0 spiro atoms. The van der Waals surface area contributed by atoms with Crippen LogP contribution >= 0.6 is 11.6 Å². The van der Waals surface area contributed by atoms with Gasteiger partial charge in [-0.3, -0.25) is 9.59 Å². The molecular weight excluding hydrogens is 350 g/mol. The highest BCUT2D eigenvalue weighted by Crippen LogP contribution is 2.25. The fourth-order valence-corrected chi connectivity index (χ4v) is 3.58. The van der Waals surface area contributed by atoms with Crippen molar-refractivity contribution in [2.24, 2.45) is 11.8 Å². The van der Waals surface area contributed by atoms with Gasteiger partial charge in [0.15, 0.2) is 0 Å². The van der Waals surface area contributed by atoms with Gasteiger partial charge in [0, 0.05) is 23.7 Å². The molecule has 1 aromatic rings. The van der Waals surface area contributed by atoms with Crippen LogP contribution in [0.2, 0.25) is 5.02 Å². The Balaban J connectivity index is 1.88. The lowest BCUT2D eigenvalue weighted by molar-refractivity contribution is -0.135. The molecule has 0 saturated carbocycles. The van der Waals surface area contributed by atoms with Gasteiger partial charge < -0.3 is 15.5 Å². The van der Waals surface area contributed by atoms with E-state index in [1.807, 2.05) is 6.92 Å². The molecule has 5 nitrogen and oxygen atoms in total. The molecule has 0 aliphatic carbocycles. The molecular formula is C20H30ClN3O2. The molecule has 0 bridgehead atoms. The van der Waals surface area contributed by atoms with Crippen molar-refractivity contribution in [2.75, 3.05) is 31.5 Å². The minimum Gasteiger partial charge on any atom is -0.333 e. The number of carbonyl (C=O) groups is 2. The van der Waals surface area contributed by atoms with Crippen molar-refractivity contribution in [3.05, 3.63) is 29.3 Å². The summed E-state index contributed by atoms with van der Waals surface area (Å²) in [6.45, 7) is 6.94. The first kappa shape index (κ1) is 20.7. The molecule has 1 heterocycles. The number of amides is 2. The molecule has 144 valence electrons. The van der Waals surface area contributed by atoms with E-state index in [1.54, 1.807) is 29.2 Å². The van der Waals surface area contributed by atoms with Crippen LogP contribution in [0.5, 0.6) is 0 Å². The van der Waals surface area contributed by atoms with Crippen molar-refractivity contribution in [3.8, 4) is 0 Å². The van der Waals surface area contributed by atoms with Crippen molar-refractivity contribution in [1.82, 2.24) is 10.2 Å². The summed E-state index contributed by atoms with van der Waals surface area (Å²) in [7, 11) is 0. The topological polar surface area (TPSA) is 61.4 Å². The Morgan fingerprint density at radius 1 is 1.27 bits per heavy atom. The summed E-state index contributed by atoms with van der Waals surface area (Å²) >= 11 is 5.86. The fraction of sp³-hybridized carbons (Fsp3) is 0.600. The first-order chi connectivity index (χ1) is 12.5. The van der Waals surface area contributed by atoms with Gasteiger partial charge >= 0.3 is 0 Å². The van der Waals surface area contributed by atoms with Crippen LogP contribution < -0.4 is 10.6 Å². The Bertz CT molecular complexity index is 585. The molecule has 1 fully saturated rings. The first-order valence-corrected chi connectivity index (χ1v) is 9.91. The van der Waals surface area contributed by atoms with Crippen LogP contribution in [-0.4, -0.2) is 42.9 Å². The zero-order valence-corrected chi connectivity index (χ0v) is 16.5. The number of carbonyl (C=O) groups excluding carboxylic acids is 2. The van der Waals surface area contributed by atoms with Crippen LogP contribution in [-0.2, 0) is 9.59 Å². The van der Waals surface area contributed by atoms with Crippen LogP contribution in [0.1, 0.15) is 39.5 Å². The second-order valence-electron chi connectivity index (χ2n) is 7.14. The molecule has 0 aromatic heterocycles. The lowest BCUT2D eigenvalue weighted by Gasteiger charge is -2.30. The van der Waals surface area contributed by atoms with Gasteiger partial charge in [-0.05, 0) is 68.5 Å². The number of piperidine rings is 1. The Morgan fingerprint density at radius 2 is 1.92 bits per heavy atom. The van der Waals surface area contributed by atoms with E-state index in [-0.39, 0.29) is 18.4 Å². The minimum atomic E-state index is -0.177. The van der Waals surface area contributed by atoms with Crippen molar-refractivity contribution < 1.29 is 9.59 Å². The quantitative estimate of drug-likeness (QED) is 0.726. The van der Waals surface area contributed by atoms with Crippen molar-refractivity contribution in [1.29, 1.82) is 0 Å². The van der Waals surface area contributed by atoms with Crippen molar-refractivity contribution in [2.45, 2.75) is 39.5 Å². The zero-order chi connectivity index (χ0) is 18.9. The smallest absolute Gasteiger partial charge is 0.243 e. The molecule has 1 aromatic carbocycles. The van der Waals surface area contributed by atoms with E-state index in [2.05, 4.69) is 17.6 Å². The molecule has 2 N–H and O–H groups in total. The number of hydrogen-bond acceptors (Lipinski definition) is 3. The zero-order valence-electron chi connectivity index (χ0n) is 15.8. The number of anilines is 1. The number of nitrogens with zero attached hydrogens (tertiary/aromatic N) is 1. The third-order valence-corrected chi connectivity index (χ3v) is 5.25. The minimum absolute atomic E-state index is 0.0733. The number of halogens is 1. The standard InChI is InChI=1S/C20H30ClN3O2/c1-3-12-24(14-19(25)23-18-6-4-17(21)5-7-18)20(26)13-15(2)16-8-10-22-11-9-16/h4-7,15-16,22H,3,8-14H2,1-2H3,(H,23,25). The fourth-order valence-electron chi connectivity index (χ4n) is 3.45. The number of rotatable bonds is 8. The van der Waals surface area contributed by atoms with Gasteiger partial charge in [0.2, 0.25) is 11.8 Å². The summed E-state index contributed by atoms with van der Waals surface area (Å²) in [6, 6.07) is 6.97. The van der Waals surface area contributed by atoms with E-state index >= 15 is 0 Å².